The molecule has 0 aliphatic heterocycles. The van der Waals surface area contributed by atoms with Gasteiger partial charge in [0.05, 0.1) is 22.2 Å². The Morgan fingerprint density at radius 2 is 1.70 bits per heavy atom. The van der Waals surface area contributed by atoms with Crippen molar-refractivity contribution in [2.45, 2.75) is 0 Å². The van der Waals surface area contributed by atoms with Gasteiger partial charge in [-0.25, -0.2) is 4.79 Å². The summed E-state index contributed by atoms with van der Waals surface area (Å²) in [4.78, 5) is 12.3. The Balaban J connectivity index is 1.85. The van der Waals surface area contributed by atoms with E-state index in [-0.39, 0.29) is 0 Å². The van der Waals surface area contributed by atoms with E-state index in [1.165, 1.54) is 0 Å². The second kappa shape index (κ2) is 8.55. The first-order valence-corrected chi connectivity index (χ1v) is 8.77. The van der Waals surface area contributed by atoms with E-state index in [9.17, 15) is 10.1 Å². The fourth-order valence-electron chi connectivity index (χ4n) is 2.43. The van der Waals surface area contributed by atoms with Crippen LogP contribution in [-0.2, 0) is 0 Å². The number of allylic oxidation sites excluding steroid dienone is 1. The highest BCUT2D eigenvalue weighted by Gasteiger charge is 2.12. The number of nitriles is 1. The van der Waals surface area contributed by atoms with Crippen LogP contribution in [0.2, 0.25) is 10.0 Å². The number of benzene rings is 3. The minimum Gasteiger partial charge on any atom is -0.423 e. The highest BCUT2D eigenvalue weighted by molar-refractivity contribution is 6.33. The Morgan fingerprint density at radius 1 is 0.963 bits per heavy atom. The zero-order valence-corrected chi connectivity index (χ0v) is 15.5. The number of ether oxygens (including phenoxy) is 1. The van der Waals surface area contributed by atoms with Crippen LogP contribution in [0, 0.1) is 11.3 Å². The van der Waals surface area contributed by atoms with Gasteiger partial charge < -0.3 is 4.74 Å². The molecular weight excluding hydrogens is 381 g/mol. The predicted octanol–water partition coefficient (Wildman–Crippen LogP) is 6.28. The van der Waals surface area contributed by atoms with Gasteiger partial charge in [-0.1, -0.05) is 59.6 Å². The maximum atomic E-state index is 12.3. The maximum absolute atomic E-state index is 12.3. The minimum absolute atomic E-state index is 0.291. The lowest BCUT2D eigenvalue weighted by atomic mass is 10.0. The number of carbonyl (C=O) groups is 1. The molecule has 0 heterocycles. The molecule has 132 valence electrons. The van der Waals surface area contributed by atoms with Crippen molar-refractivity contribution in [3.63, 3.8) is 0 Å². The van der Waals surface area contributed by atoms with Crippen molar-refractivity contribution >= 4 is 40.8 Å². The number of hydrogen-bond acceptors (Lipinski definition) is 3. The standard InChI is InChI=1S/C22H13Cl2NO2/c23-18-10-8-16(9-11-18)17(14-25)12-15-4-3-5-19(13-15)27-22(26)20-6-1-2-7-21(20)24/h1-13H/b17-12-. The summed E-state index contributed by atoms with van der Waals surface area (Å²) >= 11 is 11.9. The molecule has 0 fully saturated rings. The lowest BCUT2D eigenvalue weighted by Crippen LogP contribution is -2.09. The van der Waals surface area contributed by atoms with Gasteiger partial charge in [0.1, 0.15) is 5.75 Å². The average molecular weight is 394 g/mol. The average Bonchev–Trinajstić information content (AvgIpc) is 2.67. The van der Waals surface area contributed by atoms with Gasteiger partial charge in [0, 0.05) is 5.02 Å². The Kier molecular flexibility index (Phi) is 5.93. The fraction of sp³-hybridized carbons (Fsp3) is 0. The summed E-state index contributed by atoms with van der Waals surface area (Å²) < 4.78 is 5.41. The SMILES string of the molecule is N#C/C(=C/c1cccc(OC(=O)c2ccccc2Cl)c1)c1ccc(Cl)cc1. The summed E-state index contributed by atoms with van der Waals surface area (Å²) in [5.74, 6) is -0.179. The number of hydrogen-bond donors (Lipinski definition) is 0. The largest absolute Gasteiger partial charge is 0.423 e. The van der Waals surface area contributed by atoms with Gasteiger partial charge in [-0.3, -0.25) is 0 Å². The third-order valence-corrected chi connectivity index (χ3v) is 4.33. The lowest BCUT2D eigenvalue weighted by Gasteiger charge is -2.07. The number of carbonyl (C=O) groups excluding carboxylic acids is 1. The van der Waals surface area contributed by atoms with E-state index in [1.54, 1.807) is 72.8 Å². The van der Waals surface area contributed by atoms with Gasteiger partial charge >= 0.3 is 5.97 Å². The van der Waals surface area contributed by atoms with Gasteiger partial charge in [0.2, 0.25) is 0 Å². The van der Waals surface area contributed by atoms with Crippen molar-refractivity contribution in [3.8, 4) is 11.8 Å². The monoisotopic (exact) mass is 393 g/mol. The quantitative estimate of drug-likeness (QED) is 0.227. The van der Waals surface area contributed by atoms with Crippen molar-refractivity contribution in [2.24, 2.45) is 0 Å². The van der Waals surface area contributed by atoms with Gasteiger partial charge in [0.25, 0.3) is 0 Å². The third kappa shape index (κ3) is 4.77. The molecule has 3 aromatic rings. The maximum Gasteiger partial charge on any atom is 0.345 e. The van der Waals surface area contributed by atoms with Crippen LogP contribution in [-0.4, -0.2) is 5.97 Å². The van der Waals surface area contributed by atoms with Crippen molar-refractivity contribution in [1.82, 2.24) is 0 Å². The predicted molar refractivity (Wildman–Crippen MR) is 108 cm³/mol. The highest BCUT2D eigenvalue weighted by atomic mass is 35.5. The molecule has 0 saturated heterocycles. The third-order valence-electron chi connectivity index (χ3n) is 3.75. The van der Waals surface area contributed by atoms with Crippen LogP contribution < -0.4 is 4.74 Å². The molecule has 0 amide bonds. The molecule has 0 spiro atoms. The summed E-state index contributed by atoms with van der Waals surface area (Å²) in [7, 11) is 0. The van der Waals surface area contributed by atoms with Crippen LogP contribution in [0.3, 0.4) is 0 Å². The minimum atomic E-state index is -0.542. The lowest BCUT2D eigenvalue weighted by molar-refractivity contribution is 0.0735. The summed E-state index contributed by atoms with van der Waals surface area (Å²) in [5, 5.41) is 10.4. The Bertz CT molecular complexity index is 1050. The molecule has 0 atom stereocenters. The van der Waals surface area contributed by atoms with Crippen LogP contribution in [0.4, 0.5) is 0 Å². The molecule has 0 aromatic heterocycles. The first-order valence-electron chi connectivity index (χ1n) is 8.01. The molecule has 3 rings (SSSR count). The molecule has 0 aliphatic rings. The first kappa shape index (κ1) is 18.7. The van der Waals surface area contributed by atoms with Gasteiger partial charge in [0.15, 0.2) is 0 Å². The van der Waals surface area contributed by atoms with E-state index < -0.39 is 5.97 Å². The number of nitrogens with zero attached hydrogens (tertiary/aromatic N) is 1. The summed E-state index contributed by atoms with van der Waals surface area (Å²) in [6.45, 7) is 0. The normalized spacial score (nSPS) is 10.9. The highest BCUT2D eigenvalue weighted by Crippen LogP contribution is 2.23. The zero-order valence-electron chi connectivity index (χ0n) is 14.0. The van der Waals surface area contributed by atoms with Crippen molar-refractivity contribution in [1.29, 1.82) is 5.26 Å². The van der Waals surface area contributed by atoms with Crippen LogP contribution in [0.5, 0.6) is 5.75 Å². The molecule has 0 aliphatic carbocycles. The van der Waals surface area contributed by atoms with E-state index in [2.05, 4.69) is 6.07 Å². The van der Waals surface area contributed by atoms with Crippen molar-refractivity contribution in [3.05, 3.63) is 99.5 Å². The number of esters is 1. The smallest absolute Gasteiger partial charge is 0.345 e. The summed E-state index contributed by atoms with van der Waals surface area (Å²) in [6.07, 6.45) is 1.72. The van der Waals surface area contributed by atoms with E-state index in [4.69, 9.17) is 27.9 Å². The Morgan fingerprint density at radius 3 is 2.41 bits per heavy atom. The molecule has 3 nitrogen and oxygen atoms in total. The second-order valence-electron chi connectivity index (χ2n) is 5.62. The number of halogens is 2. The summed E-state index contributed by atoms with van der Waals surface area (Å²) in [5.41, 5.74) is 2.24. The van der Waals surface area contributed by atoms with Crippen LogP contribution >= 0.6 is 23.2 Å². The topological polar surface area (TPSA) is 50.1 Å². The zero-order chi connectivity index (χ0) is 19.2. The molecule has 0 saturated carbocycles. The van der Waals surface area contributed by atoms with Crippen molar-refractivity contribution < 1.29 is 9.53 Å². The molecule has 0 bridgehead atoms. The molecule has 27 heavy (non-hydrogen) atoms. The molecule has 0 N–H and O–H groups in total. The van der Waals surface area contributed by atoms with Crippen LogP contribution in [0.15, 0.2) is 72.8 Å². The van der Waals surface area contributed by atoms with Crippen LogP contribution in [0.25, 0.3) is 11.6 Å². The van der Waals surface area contributed by atoms with Gasteiger partial charge in [-0.2, -0.15) is 5.26 Å². The van der Waals surface area contributed by atoms with E-state index in [0.29, 0.717) is 26.9 Å². The van der Waals surface area contributed by atoms with Gasteiger partial charge in [-0.15, -0.1) is 0 Å². The second-order valence-corrected chi connectivity index (χ2v) is 6.46. The Labute approximate surface area is 167 Å². The first-order chi connectivity index (χ1) is 13.1. The van der Waals surface area contributed by atoms with E-state index >= 15 is 0 Å². The molecule has 0 unspecified atom stereocenters. The van der Waals surface area contributed by atoms with Crippen molar-refractivity contribution in [2.75, 3.05) is 0 Å². The molecule has 5 heteroatoms. The molecular formula is C22H13Cl2NO2. The number of rotatable bonds is 4. The van der Waals surface area contributed by atoms with E-state index in [0.717, 1.165) is 11.1 Å². The summed E-state index contributed by atoms with van der Waals surface area (Å²) in [6, 6.07) is 22.8. The van der Waals surface area contributed by atoms with E-state index in [1.807, 2.05) is 6.07 Å². The molecule has 0 radical (unpaired) electrons. The van der Waals surface area contributed by atoms with Gasteiger partial charge in [-0.05, 0) is 53.6 Å². The van der Waals surface area contributed by atoms with Crippen LogP contribution in [0.1, 0.15) is 21.5 Å². The molecule has 3 aromatic carbocycles. The fourth-order valence-corrected chi connectivity index (χ4v) is 2.77. The Hall–Kier alpha value is -3.06.